The first-order chi connectivity index (χ1) is 9.48. The van der Waals surface area contributed by atoms with Gasteiger partial charge in [-0.1, -0.05) is 0 Å². The summed E-state index contributed by atoms with van der Waals surface area (Å²) in [5.74, 6) is 0. The highest BCUT2D eigenvalue weighted by Crippen LogP contribution is 2.28. The van der Waals surface area contributed by atoms with Crippen LogP contribution in [0.5, 0.6) is 0 Å². The van der Waals surface area contributed by atoms with Crippen LogP contribution in [0.15, 0.2) is 0 Å². The molecule has 0 aromatic carbocycles. The summed E-state index contributed by atoms with van der Waals surface area (Å²) in [5.41, 5.74) is 0. The van der Waals surface area contributed by atoms with Gasteiger partial charge in [0.15, 0.2) is 0 Å². The molecule has 0 aromatic rings. The van der Waals surface area contributed by atoms with E-state index in [4.69, 9.17) is 0 Å². The van der Waals surface area contributed by atoms with Crippen molar-refractivity contribution in [2.75, 3.05) is 26.2 Å². The van der Waals surface area contributed by atoms with Crippen molar-refractivity contribution in [3.8, 4) is 0 Å². The molecule has 0 amide bonds. The third-order valence-electron chi connectivity index (χ3n) is 4.99. The molecule has 20 heavy (non-hydrogen) atoms. The van der Waals surface area contributed by atoms with Gasteiger partial charge in [0.05, 0.1) is 5.25 Å². The monoisotopic (exact) mass is 301 g/mol. The highest BCUT2D eigenvalue weighted by atomic mass is 32.2. The average Bonchev–Trinajstić information content (AvgIpc) is 3.12. The number of nitrogens with zero attached hydrogens (tertiary/aromatic N) is 2. The Morgan fingerprint density at radius 2 is 2.00 bits per heavy atom. The summed E-state index contributed by atoms with van der Waals surface area (Å²) in [7, 11) is -3.17. The van der Waals surface area contributed by atoms with Crippen molar-refractivity contribution in [1.29, 1.82) is 0 Å². The van der Waals surface area contributed by atoms with E-state index >= 15 is 0 Å². The third-order valence-corrected chi connectivity index (χ3v) is 7.33. The zero-order valence-electron chi connectivity index (χ0n) is 12.6. The molecule has 2 heterocycles. The van der Waals surface area contributed by atoms with Gasteiger partial charge in [-0.15, -0.1) is 0 Å². The molecule has 3 rings (SSSR count). The quantitative estimate of drug-likeness (QED) is 0.809. The SMILES string of the molecule is CC1CN2CCCC2CN1S(=O)(=O)C(C)CNC1CC1. The summed E-state index contributed by atoms with van der Waals surface area (Å²) < 4.78 is 27.3. The molecule has 2 aliphatic heterocycles. The van der Waals surface area contributed by atoms with Gasteiger partial charge in [-0.25, -0.2) is 8.42 Å². The lowest BCUT2D eigenvalue weighted by Crippen LogP contribution is -2.58. The minimum Gasteiger partial charge on any atom is -0.313 e. The van der Waals surface area contributed by atoms with Gasteiger partial charge in [0.2, 0.25) is 10.0 Å². The number of piperazine rings is 1. The van der Waals surface area contributed by atoms with Gasteiger partial charge in [0, 0.05) is 37.8 Å². The highest BCUT2D eigenvalue weighted by molar-refractivity contribution is 7.89. The largest absolute Gasteiger partial charge is 0.313 e. The smallest absolute Gasteiger partial charge is 0.218 e. The molecule has 5 nitrogen and oxygen atoms in total. The summed E-state index contributed by atoms with van der Waals surface area (Å²) in [4.78, 5) is 2.46. The molecule has 116 valence electrons. The van der Waals surface area contributed by atoms with Gasteiger partial charge in [0.1, 0.15) is 0 Å². The minimum absolute atomic E-state index is 0.109. The number of hydrogen-bond donors (Lipinski definition) is 1. The predicted octanol–water partition coefficient (Wildman–Crippen LogP) is 0.625. The average molecular weight is 301 g/mol. The number of hydrogen-bond acceptors (Lipinski definition) is 4. The van der Waals surface area contributed by atoms with Crippen LogP contribution in [0.2, 0.25) is 0 Å². The summed E-state index contributed by atoms with van der Waals surface area (Å²) in [5, 5.41) is 3.03. The van der Waals surface area contributed by atoms with Crippen molar-refractivity contribution in [1.82, 2.24) is 14.5 Å². The van der Waals surface area contributed by atoms with E-state index in [0.717, 1.165) is 19.5 Å². The molecule has 1 saturated carbocycles. The van der Waals surface area contributed by atoms with Crippen LogP contribution in [0, 0.1) is 0 Å². The molecule has 0 spiro atoms. The second kappa shape index (κ2) is 5.55. The van der Waals surface area contributed by atoms with E-state index in [0.29, 0.717) is 25.2 Å². The molecule has 3 fully saturated rings. The minimum atomic E-state index is -3.17. The van der Waals surface area contributed by atoms with Crippen molar-refractivity contribution in [2.24, 2.45) is 0 Å². The summed E-state index contributed by atoms with van der Waals surface area (Å²) in [6, 6.07) is 1.12. The predicted molar refractivity (Wildman–Crippen MR) is 80.2 cm³/mol. The Morgan fingerprint density at radius 3 is 2.70 bits per heavy atom. The van der Waals surface area contributed by atoms with E-state index < -0.39 is 10.0 Å². The molecule has 0 radical (unpaired) electrons. The first-order valence-corrected chi connectivity index (χ1v) is 9.47. The Morgan fingerprint density at radius 1 is 1.25 bits per heavy atom. The molecule has 3 aliphatic rings. The van der Waals surface area contributed by atoms with Gasteiger partial charge in [0.25, 0.3) is 0 Å². The zero-order valence-corrected chi connectivity index (χ0v) is 13.4. The van der Waals surface area contributed by atoms with Crippen molar-refractivity contribution < 1.29 is 8.42 Å². The van der Waals surface area contributed by atoms with Crippen molar-refractivity contribution >= 4 is 10.0 Å². The van der Waals surface area contributed by atoms with Gasteiger partial charge in [-0.3, -0.25) is 4.90 Å². The second-order valence-corrected chi connectivity index (χ2v) is 9.05. The number of sulfonamides is 1. The second-order valence-electron chi connectivity index (χ2n) is 6.75. The van der Waals surface area contributed by atoms with E-state index in [2.05, 4.69) is 10.2 Å². The van der Waals surface area contributed by atoms with Crippen molar-refractivity contribution in [3.05, 3.63) is 0 Å². The maximum atomic E-state index is 12.8. The topological polar surface area (TPSA) is 52.7 Å². The van der Waals surface area contributed by atoms with Crippen LogP contribution in [0.3, 0.4) is 0 Å². The van der Waals surface area contributed by atoms with E-state index in [1.54, 1.807) is 4.31 Å². The Kier molecular flexibility index (Phi) is 4.10. The van der Waals surface area contributed by atoms with E-state index in [1.165, 1.54) is 19.3 Å². The van der Waals surface area contributed by atoms with Gasteiger partial charge in [-0.05, 0) is 46.1 Å². The lowest BCUT2D eigenvalue weighted by atomic mass is 10.1. The Labute approximate surface area is 122 Å². The fourth-order valence-corrected chi connectivity index (χ4v) is 5.19. The van der Waals surface area contributed by atoms with Crippen LogP contribution >= 0.6 is 0 Å². The molecule has 3 unspecified atom stereocenters. The first kappa shape index (κ1) is 14.8. The normalized spacial score (nSPS) is 34.1. The number of nitrogens with one attached hydrogen (secondary N) is 1. The Hall–Kier alpha value is -0.170. The molecular weight excluding hydrogens is 274 g/mol. The van der Waals surface area contributed by atoms with Crippen LogP contribution in [0.4, 0.5) is 0 Å². The molecule has 1 aliphatic carbocycles. The van der Waals surface area contributed by atoms with Crippen molar-refractivity contribution in [3.63, 3.8) is 0 Å². The lowest BCUT2D eigenvalue weighted by Gasteiger charge is -2.42. The molecule has 1 N–H and O–H groups in total. The van der Waals surface area contributed by atoms with E-state index in [-0.39, 0.29) is 11.3 Å². The Balaban J connectivity index is 1.65. The maximum Gasteiger partial charge on any atom is 0.218 e. The first-order valence-electron chi connectivity index (χ1n) is 7.96. The summed E-state index contributed by atoms with van der Waals surface area (Å²) >= 11 is 0. The zero-order chi connectivity index (χ0) is 14.3. The van der Waals surface area contributed by atoms with Gasteiger partial charge in [-0.2, -0.15) is 4.31 Å². The summed E-state index contributed by atoms with van der Waals surface area (Å²) in [6.45, 7) is 7.21. The number of fused-ring (bicyclic) bond motifs is 1. The van der Waals surface area contributed by atoms with Crippen LogP contribution in [0.1, 0.15) is 39.5 Å². The van der Waals surface area contributed by atoms with Gasteiger partial charge >= 0.3 is 0 Å². The number of rotatable bonds is 5. The Bertz CT molecular complexity index is 449. The molecule has 3 atom stereocenters. The van der Waals surface area contributed by atoms with Crippen LogP contribution in [0.25, 0.3) is 0 Å². The molecule has 0 aromatic heterocycles. The highest BCUT2D eigenvalue weighted by Gasteiger charge is 2.41. The maximum absolute atomic E-state index is 12.8. The molecule has 0 bridgehead atoms. The van der Waals surface area contributed by atoms with Crippen LogP contribution in [-0.4, -0.2) is 67.2 Å². The third kappa shape index (κ3) is 2.89. The van der Waals surface area contributed by atoms with Crippen molar-refractivity contribution in [2.45, 2.75) is 62.9 Å². The fraction of sp³-hybridized carbons (Fsp3) is 1.00. The van der Waals surface area contributed by atoms with E-state index in [1.807, 2.05) is 13.8 Å². The van der Waals surface area contributed by atoms with Gasteiger partial charge < -0.3 is 5.32 Å². The molecule has 6 heteroatoms. The summed E-state index contributed by atoms with van der Waals surface area (Å²) in [6.07, 6.45) is 4.76. The fourth-order valence-electron chi connectivity index (χ4n) is 3.47. The van der Waals surface area contributed by atoms with Crippen LogP contribution < -0.4 is 5.32 Å². The molecule has 2 saturated heterocycles. The standard InChI is InChI=1S/C14H27N3O2S/c1-11-9-16-7-3-4-14(16)10-17(11)20(18,19)12(2)8-15-13-5-6-13/h11-15H,3-10H2,1-2H3. The lowest BCUT2D eigenvalue weighted by molar-refractivity contribution is 0.116. The van der Waals surface area contributed by atoms with Crippen LogP contribution in [-0.2, 0) is 10.0 Å². The molecular formula is C14H27N3O2S. The van der Waals surface area contributed by atoms with E-state index in [9.17, 15) is 8.42 Å².